The molecule has 0 bridgehead atoms. The Morgan fingerprint density at radius 2 is 2.00 bits per heavy atom. The molecule has 1 amide bonds. The first-order valence-corrected chi connectivity index (χ1v) is 9.84. The molecule has 0 unspecified atom stereocenters. The van der Waals surface area contributed by atoms with E-state index in [1.165, 1.54) is 23.9 Å². The topological polar surface area (TPSA) is 84.1 Å². The minimum absolute atomic E-state index is 0.0890. The molecular formula is C21H20FN3O3S. The monoisotopic (exact) mass is 413 g/mol. The number of aryl methyl sites for hydroxylation is 1. The summed E-state index contributed by atoms with van der Waals surface area (Å²) in [6.45, 7) is 1.70. The van der Waals surface area contributed by atoms with Gasteiger partial charge in [0.25, 0.3) is 5.56 Å². The molecule has 0 aliphatic heterocycles. The van der Waals surface area contributed by atoms with Gasteiger partial charge in [0.1, 0.15) is 11.6 Å². The molecule has 1 aromatic heterocycles. The van der Waals surface area contributed by atoms with Crippen LogP contribution in [-0.4, -0.2) is 23.0 Å². The van der Waals surface area contributed by atoms with Gasteiger partial charge in [0.2, 0.25) is 5.91 Å². The molecular weight excluding hydrogens is 393 g/mol. The highest BCUT2D eigenvalue weighted by molar-refractivity contribution is 7.98. The summed E-state index contributed by atoms with van der Waals surface area (Å²) in [5.41, 5.74) is 1.97. The molecule has 0 fully saturated rings. The Morgan fingerprint density at radius 1 is 1.24 bits per heavy atom. The van der Waals surface area contributed by atoms with Crippen LogP contribution in [0.4, 0.5) is 10.1 Å². The molecule has 1 heterocycles. The number of aromatic nitrogens is 2. The van der Waals surface area contributed by atoms with Gasteiger partial charge in [-0.3, -0.25) is 9.59 Å². The van der Waals surface area contributed by atoms with Crippen LogP contribution in [0.5, 0.6) is 5.75 Å². The first-order chi connectivity index (χ1) is 13.9. The normalized spacial score (nSPS) is 10.6. The molecule has 0 saturated heterocycles. The number of H-pyrrole nitrogens is 1. The molecule has 0 radical (unpaired) electrons. The number of hydrogen-bond donors (Lipinski definition) is 2. The third-order valence-electron chi connectivity index (χ3n) is 4.18. The number of anilines is 1. The van der Waals surface area contributed by atoms with Gasteiger partial charge in [0.15, 0.2) is 5.16 Å². The molecule has 3 aromatic rings. The zero-order valence-corrected chi connectivity index (χ0v) is 16.8. The van der Waals surface area contributed by atoms with E-state index in [2.05, 4.69) is 15.3 Å². The second-order valence-corrected chi connectivity index (χ2v) is 7.27. The standard InChI is InChI=1S/C21H20FN3O3S/c1-13-18(11-19(26)24-16-4-3-5-17(10-16)28-2)20(27)25-21(23-13)29-12-14-6-8-15(22)9-7-14/h3-10H,11-12H2,1-2H3,(H,24,26)(H,23,25,27). The molecule has 29 heavy (non-hydrogen) atoms. The number of carbonyl (C=O) groups is 1. The van der Waals surface area contributed by atoms with Crippen molar-refractivity contribution in [1.82, 2.24) is 9.97 Å². The van der Waals surface area contributed by atoms with Crippen LogP contribution in [0, 0.1) is 12.7 Å². The number of nitrogens with one attached hydrogen (secondary N) is 2. The molecule has 0 saturated carbocycles. The summed E-state index contributed by atoms with van der Waals surface area (Å²) in [5.74, 6) is 0.553. The van der Waals surface area contributed by atoms with Gasteiger partial charge in [-0.25, -0.2) is 9.37 Å². The summed E-state index contributed by atoms with van der Waals surface area (Å²) in [5, 5.41) is 3.20. The SMILES string of the molecule is COc1cccc(NC(=O)Cc2c(C)nc(SCc3ccc(F)cc3)[nH]c2=O)c1. The lowest BCUT2D eigenvalue weighted by Gasteiger charge is -2.09. The van der Waals surface area contributed by atoms with Crippen LogP contribution in [0.2, 0.25) is 0 Å². The van der Waals surface area contributed by atoms with Crippen molar-refractivity contribution >= 4 is 23.4 Å². The first-order valence-electron chi connectivity index (χ1n) is 8.85. The summed E-state index contributed by atoms with van der Waals surface area (Å²) in [6, 6.07) is 13.1. The van der Waals surface area contributed by atoms with E-state index < -0.39 is 0 Å². The molecule has 0 atom stereocenters. The summed E-state index contributed by atoms with van der Waals surface area (Å²) in [6.07, 6.45) is -0.0890. The number of ether oxygens (including phenoxy) is 1. The Hall–Kier alpha value is -3.13. The predicted octanol–water partition coefficient (Wildman–Crippen LogP) is 3.70. The Kier molecular flexibility index (Phi) is 6.66. The molecule has 3 rings (SSSR count). The van der Waals surface area contributed by atoms with E-state index in [1.54, 1.807) is 50.4 Å². The highest BCUT2D eigenvalue weighted by Gasteiger charge is 2.13. The van der Waals surface area contributed by atoms with Crippen LogP contribution in [-0.2, 0) is 17.0 Å². The fourth-order valence-electron chi connectivity index (χ4n) is 2.66. The fraction of sp³-hybridized carbons (Fsp3) is 0.190. The van der Waals surface area contributed by atoms with E-state index in [4.69, 9.17) is 4.74 Å². The Labute approximate surface area is 171 Å². The van der Waals surface area contributed by atoms with Crippen molar-refractivity contribution in [2.45, 2.75) is 24.3 Å². The summed E-state index contributed by atoms with van der Waals surface area (Å²) in [7, 11) is 1.55. The minimum Gasteiger partial charge on any atom is -0.497 e. The molecule has 6 nitrogen and oxygen atoms in total. The van der Waals surface area contributed by atoms with E-state index in [1.807, 2.05) is 0 Å². The van der Waals surface area contributed by atoms with E-state index in [0.717, 1.165) is 5.56 Å². The maximum atomic E-state index is 13.0. The van der Waals surface area contributed by atoms with Crippen molar-refractivity contribution in [3.63, 3.8) is 0 Å². The summed E-state index contributed by atoms with van der Waals surface area (Å²) >= 11 is 1.34. The molecule has 0 aliphatic rings. The Balaban J connectivity index is 1.66. The fourth-order valence-corrected chi connectivity index (χ4v) is 3.52. The van der Waals surface area contributed by atoms with Gasteiger partial charge in [-0.15, -0.1) is 0 Å². The van der Waals surface area contributed by atoms with Gasteiger partial charge in [0, 0.05) is 28.8 Å². The Bertz CT molecular complexity index is 1070. The van der Waals surface area contributed by atoms with Crippen molar-refractivity contribution in [2.24, 2.45) is 0 Å². The zero-order chi connectivity index (χ0) is 20.8. The highest BCUT2D eigenvalue weighted by Crippen LogP contribution is 2.20. The smallest absolute Gasteiger partial charge is 0.255 e. The lowest BCUT2D eigenvalue weighted by atomic mass is 10.1. The lowest BCUT2D eigenvalue weighted by molar-refractivity contribution is -0.115. The molecule has 2 N–H and O–H groups in total. The van der Waals surface area contributed by atoms with Crippen molar-refractivity contribution < 1.29 is 13.9 Å². The number of aromatic amines is 1. The number of benzene rings is 2. The minimum atomic E-state index is -0.347. The number of amides is 1. The number of nitrogens with zero attached hydrogens (tertiary/aromatic N) is 1. The highest BCUT2D eigenvalue weighted by atomic mass is 32.2. The molecule has 150 valence electrons. The number of carbonyl (C=O) groups excluding carboxylic acids is 1. The third kappa shape index (κ3) is 5.68. The van der Waals surface area contributed by atoms with Crippen LogP contribution in [0.25, 0.3) is 0 Å². The lowest BCUT2D eigenvalue weighted by Crippen LogP contribution is -2.23. The van der Waals surface area contributed by atoms with Gasteiger partial charge in [-0.1, -0.05) is 30.0 Å². The van der Waals surface area contributed by atoms with Crippen LogP contribution in [0.1, 0.15) is 16.8 Å². The van der Waals surface area contributed by atoms with Gasteiger partial charge >= 0.3 is 0 Å². The first kappa shape index (κ1) is 20.6. The summed E-state index contributed by atoms with van der Waals surface area (Å²) in [4.78, 5) is 31.9. The molecule has 0 spiro atoms. The van der Waals surface area contributed by atoms with E-state index in [-0.39, 0.29) is 23.7 Å². The van der Waals surface area contributed by atoms with Gasteiger partial charge in [-0.2, -0.15) is 0 Å². The molecule has 8 heteroatoms. The number of methoxy groups -OCH3 is 1. The van der Waals surface area contributed by atoms with Crippen molar-refractivity contribution in [1.29, 1.82) is 0 Å². The van der Waals surface area contributed by atoms with Crippen LogP contribution in [0.15, 0.2) is 58.5 Å². The number of halogens is 1. The van der Waals surface area contributed by atoms with Gasteiger partial charge in [-0.05, 0) is 36.8 Å². The Morgan fingerprint density at radius 3 is 2.69 bits per heavy atom. The van der Waals surface area contributed by atoms with E-state index >= 15 is 0 Å². The second kappa shape index (κ2) is 9.38. The second-order valence-electron chi connectivity index (χ2n) is 6.31. The average molecular weight is 413 g/mol. The quantitative estimate of drug-likeness (QED) is 0.456. The molecule has 0 aliphatic carbocycles. The van der Waals surface area contributed by atoms with Gasteiger partial charge in [0.05, 0.1) is 13.5 Å². The summed E-state index contributed by atoms with van der Waals surface area (Å²) < 4.78 is 18.1. The van der Waals surface area contributed by atoms with E-state index in [0.29, 0.717) is 33.6 Å². The maximum absolute atomic E-state index is 13.0. The predicted molar refractivity (Wildman–Crippen MR) is 111 cm³/mol. The number of hydrogen-bond acceptors (Lipinski definition) is 5. The van der Waals surface area contributed by atoms with Crippen molar-refractivity contribution in [3.8, 4) is 5.75 Å². The average Bonchev–Trinajstić information content (AvgIpc) is 2.70. The van der Waals surface area contributed by atoms with E-state index in [9.17, 15) is 14.0 Å². The van der Waals surface area contributed by atoms with Gasteiger partial charge < -0.3 is 15.0 Å². The number of rotatable bonds is 7. The number of thioether (sulfide) groups is 1. The zero-order valence-electron chi connectivity index (χ0n) is 16.0. The maximum Gasteiger partial charge on any atom is 0.255 e. The molecule has 2 aromatic carbocycles. The largest absolute Gasteiger partial charge is 0.497 e. The van der Waals surface area contributed by atoms with Crippen LogP contribution >= 0.6 is 11.8 Å². The van der Waals surface area contributed by atoms with Crippen molar-refractivity contribution in [3.05, 3.63) is 81.5 Å². The third-order valence-corrected chi connectivity index (χ3v) is 5.12. The van der Waals surface area contributed by atoms with Crippen LogP contribution < -0.4 is 15.6 Å². The van der Waals surface area contributed by atoms with Crippen molar-refractivity contribution in [2.75, 3.05) is 12.4 Å². The van der Waals surface area contributed by atoms with Crippen LogP contribution in [0.3, 0.4) is 0 Å².